The van der Waals surface area contributed by atoms with Gasteiger partial charge in [0.2, 0.25) is 0 Å². The third-order valence-electron chi connectivity index (χ3n) is 2.11. The van der Waals surface area contributed by atoms with Crippen LogP contribution in [0.5, 0.6) is 0 Å². The molecule has 0 bridgehead atoms. The number of halogens is 1. The van der Waals surface area contributed by atoms with Crippen molar-refractivity contribution in [3.05, 3.63) is 22.7 Å². The van der Waals surface area contributed by atoms with E-state index in [0.29, 0.717) is 30.8 Å². The molecule has 0 unspecified atom stereocenters. The van der Waals surface area contributed by atoms with E-state index in [1.807, 2.05) is 6.92 Å². The molecule has 0 radical (unpaired) electrons. The first-order valence-corrected chi connectivity index (χ1v) is 6.25. The van der Waals surface area contributed by atoms with Crippen molar-refractivity contribution in [3.8, 4) is 0 Å². The molecule has 17 heavy (non-hydrogen) atoms. The minimum Gasteiger partial charge on any atom is -0.379 e. The average Bonchev–Trinajstić information content (AvgIpc) is 2.26. The van der Waals surface area contributed by atoms with Crippen LogP contribution in [-0.2, 0) is 16.1 Å². The summed E-state index contributed by atoms with van der Waals surface area (Å²) in [6, 6.07) is 1.72. The SMILES string of the molecule is CCCCOCCOCc1nc(C)cc(Cl)n1. The molecule has 1 rings (SSSR count). The van der Waals surface area contributed by atoms with Gasteiger partial charge in [-0.05, 0) is 19.4 Å². The molecule has 0 aromatic carbocycles. The van der Waals surface area contributed by atoms with Gasteiger partial charge in [0.1, 0.15) is 11.8 Å². The number of unbranched alkanes of at least 4 members (excludes halogenated alkanes) is 1. The lowest BCUT2D eigenvalue weighted by Crippen LogP contribution is -2.07. The lowest BCUT2D eigenvalue weighted by Gasteiger charge is -2.05. The first-order chi connectivity index (χ1) is 8.22. The Labute approximate surface area is 107 Å². The number of hydrogen-bond donors (Lipinski definition) is 0. The van der Waals surface area contributed by atoms with E-state index < -0.39 is 0 Å². The lowest BCUT2D eigenvalue weighted by atomic mass is 10.4. The van der Waals surface area contributed by atoms with Crippen LogP contribution < -0.4 is 0 Å². The van der Waals surface area contributed by atoms with Crippen LogP contribution >= 0.6 is 11.6 Å². The zero-order valence-corrected chi connectivity index (χ0v) is 11.2. The number of ether oxygens (including phenoxy) is 2. The monoisotopic (exact) mass is 258 g/mol. The van der Waals surface area contributed by atoms with Crippen LogP contribution in [0.15, 0.2) is 6.07 Å². The van der Waals surface area contributed by atoms with E-state index in [2.05, 4.69) is 16.9 Å². The fourth-order valence-corrected chi connectivity index (χ4v) is 1.54. The highest BCUT2D eigenvalue weighted by molar-refractivity contribution is 6.29. The molecule has 1 heterocycles. The summed E-state index contributed by atoms with van der Waals surface area (Å²) >= 11 is 5.82. The minimum absolute atomic E-state index is 0.374. The molecule has 0 fully saturated rings. The van der Waals surface area contributed by atoms with Crippen molar-refractivity contribution in [2.24, 2.45) is 0 Å². The first-order valence-electron chi connectivity index (χ1n) is 5.88. The highest BCUT2D eigenvalue weighted by Gasteiger charge is 2.00. The molecule has 0 N–H and O–H groups in total. The molecule has 0 atom stereocenters. The third-order valence-corrected chi connectivity index (χ3v) is 2.31. The normalized spacial score (nSPS) is 10.8. The third kappa shape index (κ3) is 6.56. The maximum absolute atomic E-state index is 5.82. The van der Waals surface area contributed by atoms with Gasteiger partial charge in [0.25, 0.3) is 0 Å². The van der Waals surface area contributed by atoms with Crippen LogP contribution in [0.2, 0.25) is 5.15 Å². The number of hydrogen-bond acceptors (Lipinski definition) is 4. The topological polar surface area (TPSA) is 44.2 Å². The molecule has 0 saturated carbocycles. The molecule has 1 aromatic heterocycles. The van der Waals surface area contributed by atoms with Crippen LogP contribution in [-0.4, -0.2) is 29.8 Å². The molecule has 1 aromatic rings. The van der Waals surface area contributed by atoms with Crippen LogP contribution in [0.4, 0.5) is 0 Å². The second-order valence-corrected chi connectivity index (χ2v) is 4.15. The quantitative estimate of drug-likeness (QED) is 0.531. The van der Waals surface area contributed by atoms with Crippen molar-refractivity contribution in [3.63, 3.8) is 0 Å². The van der Waals surface area contributed by atoms with Gasteiger partial charge in [-0.2, -0.15) is 0 Å². The Kier molecular flexibility index (Phi) is 7.08. The summed E-state index contributed by atoms with van der Waals surface area (Å²) in [7, 11) is 0. The number of rotatable bonds is 8. The van der Waals surface area contributed by atoms with Crippen molar-refractivity contribution in [2.75, 3.05) is 19.8 Å². The highest BCUT2D eigenvalue weighted by atomic mass is 35.5. The van der Waals surface area contributed by atoms with Gasteiger partial charge in [0.05, 0.1) is 13.2 Å². The minimum atomic E-state index is 0.374. The maximum Gasteiger partial charge on any atom is 0.155 e. The van der Waals surface area contributed by atoms with Gasteiger partial charge in [0.15, 0.2) is 5.82 Å². The average molecular weight is 259 g/mol. The predicted molar refractivity (Wildman–Crippen MR) is 67.2 cm³/mol. The van der Waals surface area contributed by atoms with Crippen LogP contribution in [0, 0.1) is 6.92 Å². The lowest BCUT2D eigenvalue weighted by molar-refractivity contribution is 0.0374. The summed E-state index contributed by atoms with van der Waals surface area (Å²) in [6.45, 7) is 6.35. The van der Waals surface area contributed by atoms with Crippen LogP contribution in [0.1, 0.15) is 31.3 Å². The van der Waals surface area contributed by atoms with Gasteiger partial charge in [-0.3, -0.25) is 0 Å². The second kappa shape index (κ2) is 8.39. The Morgan fingerprint density at radius 3 is 2.65 bits per heavy atom. The van der Waals surface area contributed by atoms with E-state index >= 15 is 0 Å². The van der Waals surface area contributed by atoms with Crippen molar-refractivity contribution >= 4 is 11.6 Å². The Hall–Kier alpha value is -0.710. The first kappa shape index (κ1) is 14.4. The Morgan fingerprint density at radius 1 is 1.18 bits per heavy atom. The van der Waals surface area contributed by atoms with E-state index in [0.717, 1.165) is 25.1 Å². The smallest absolute Gasteiger partial charge is 0.155 e. The molecule has 0 aliphatic rings. The molecule has 0 saturated heterocycles. The van der Waals surface area contributed by atoms with Gasteiger partial charge in [-0.25, -0.2) is 9.97 Å². The second-order valence-electron chi connectivity index (χ2n) is 3.77. The van der Waals surface area contributed by atoms with E-state index in [4.69, 9.17) is 21.1 Å². The molecule has 4 nitrogen and oxygen atoms in total. The molecule has 0 spiro atoms. The summed E-state index contributed by atoms with van der Waals surface area (Å²) in [4.78, 5) is 8.29. The molecule has 96 valence electrons. The molecule has 0 aliphatic carbocycles. The van der Waals surface area contributed by atoms with Gasteiger partial charge in [-0.15, -0.1) is 0 Å². The van der Waals surface area contributed by atoms with Gasteiger partial charge in [0, 0.05) is 12.3 Å². The van der Waals surface area contributed by atoms with Crippen LogP contribution in [0.25, 0.3) is 0 Å². The molecule has 0 aliphatic heterocycles. The van der Waals surface area contributed by atoms with Gasteiger partial charge >= 0.3 is 0 Å². The van der Waals surface area contributed by atoms with Gasteiger partial charge in [-0.1, -0.05) is 24.9 Å². The summed E-state index contributed by atoms with van der Waals surface area (Å²) in [5.74, 6) is 0.614. The van der Waals surface area contributed by atoms with Crippen molar-refractivity contribution in [1.82, 2.24) is 9.97 Å². The molecule has 0 amide bonds. The molecular formula is C12H19ClN2O2. The fraction of sp³-hybridized carbons (Fsp3) is 0.667. The van der Waals surface area contributed by atoms with Crippen molar-refractivity contribution in [1.29, 1.82) is 0 Å². The number of nitrogens with zero attached hydrogens (tertiary/aromatic N) is 2. The summed E-state index contributed by atoms with van der Waals surface area (Å²) < 4.78 is 10.8. The predicted octanol–water partition coefficient (Wildman–Crippen LogP) is 2.77. The van der Waals surface area contributed by atoms with Gasteiger partial charge < -0.3 is 9.47 Å². The number of aryl methyl sites for hydroxylation is 1. The Balaban J connectivity index is 2.13. The molecule has 5 heteroatoms. The van der Waals surface area contributed by atoms with E-state index in [1.54, 1.807) is 6.07 Å². The molecular weight excluding hydrogens is 240 g/mol. The highest BCUT2D eigenvalue weighted by Crippen LogP contribution is 2.06. The van der Waals surface area contributed by atoms with Crippen molar-refractivity contribution in [2.45, 2.75) is 33.3 Å². The summed E-state index contributed by atoms with van der Waals surface area (Å²) in [6.07, 6.45) is 2.24. The standard InChI is InChI=1S/C12H19ClN2O2/c1-3-4-5-16-6-7-17-9-12-14-10(2)8-11(13)15-12/h8H,3-7,9H2,1-2H3. The maximum atomic E-state index is 5.82. The summed E-state index contributed by atoms with van der Waals surface area (Å²) in [5.41, 5.74) is 0.850. The zero-order chi connectivity index (χ0) is 12.5. The Morgan fingerprint density at radius 2 is 1.94 bits per heavy atom. The van der Waals surface area contributed by atoms with E-state index in [1.165, 1.54) is 0 Å². The van der Waals surface area contributed by atoms with Crippen molar-refractivity contribution < 1.29 is 9.47 Å². The van der Waals surface area contributed by atoms with E-state index in [-0.39, 0.29) is 0 Å². The summed E-state index contributed by atoms with van der Waals surface area (Å²) in [5, 5.41) is 0.454. The largest absolute Gasteiger partial charge is 0.379 e. The number of aromatic nitrogens is 2. The van der Waals surface area contributed by atoms with E-state index in [9.17, 15) is 0 Å². The fourth-order valence-electron chi connectivity index (χ4n) is 1.28. The Bertz CT molecular complexity index is 314. The zero-order valence-electron chi connectivity index (χ0n) is 10.4. The van der Waals surface area contributed by atoms with Crippen LogP contribution in [0.3, 0.4) is 0 Å².